The first-order chi connectivity index (χ1) is 17.8. The molecule has 0 spiro atoms. The van der Waals surface area contributed by atoms with Gasteiger partial charge >= 0.3 is 5.97 Å². The van der Waals surface area contributed by atoms with Crippen molar-refractivity contribution in [2.45, 2.75) is 75.6 Å². The molecule has 1 saturated carbocycles. The molecule has 4 atom stereocenters. The third-order valence-electron chi connectivity index (χ3n) is 7.80. The van der Waals surface area contributed by atoms with Crippen molar-refractivity contribution < 1.29 is 23.1 Å². The summed E-state index contributed by atoms with van der Waals surface area (Å²) in [5.41, 5.74) is 0.289. The maximum atomic E-state index is 14.2. The van der Waals surface area contributed by atoms with Crippen LogP contribution >= 0.6 is 23.2 Å². The van der Waals surface area contributed by atoms with Crippen molar-refractivity contribution in [3.05, 3.63) is 69.7 Å². The van der Waals surface area contributed by atoms with Crippen molar-refractivity contribution in [3.8, 4) is 0 Å². The van der Waals surface area contributed by atoms with Gasteiger partial charge in [0.2, 0.25) is 15.9 Å². The molecule has 4 rings (SSSR count). The van der Waals surface area contributed by atoms with Gasteiger partial charge in [0.05, 0.1) is 11.8 Å². The van der Waals surface area contributed by atoms with E-state index in [2.05, 4.69) is 10.0 Å². The van der Waals surface area contributed by atoms with Gasteiger partial charge in [0.1, 0.15) is 4.75 Å². The highest BCUT2D eigenvalue weighted by Crippen LogP contribution is 2.55. The standard InChI is InChI=1S/C28H34Cl2N2O5S/c1-17(2)32-38(36,37)28(19-7-8-19,20-9-11-21(29)12-10-20)15-24-23(18-5-4-6-22(30)13-18)14-27(3,16-25(33)34)26(35)31-24/h4-6,9-13,17,19,23-24,32H,7-8,14-16H2,1-3H3,(H,31,35)(H,33,34)/t23-,24+,27+,28+/m1/s1. The number of piperidine rings is 1. The summed E-state index contributed by atoms with van der Waals surface area (Å²) in [4.78, 5) is 25.1. The van der Waals surface area contributed by atoms with E-state index >= 15 is 0 Å². The number of amides is 1. The number of carbonyl (C=O) groups excluding carboxylic acids is 1. The second-order valence-electron chi connectivity index (χ2n) is 11.2. The Balaban J connectivity index is 1.86. The molecule has 2 fully saturated rings. The number of carbonyl (C=O) groups is 2. The third kappa shape index (κ3) is 5.74. The van der Waals surface area contributed by atoms with Gasteiger partial charge in [0.25, 0.3) is 0 Å². The van der Waals surface area contributed by atoms with Crippen molar-refractivity contribution in [1.29, 1.82) is 0 Å². The number of sulfonamides is 1. The van der Waals surface area contributed by atoms with Gasteiger partial charge in [-0.25, -0.2) is 13.1 Å². The molecule has 3 N–H and O–H groups in total. The second kappa shape index (κ2) is 10.8. The number of hydrogen-bond acceptors (Lipinski definition) is 4. The lowest BCUT2D eigenvalue weighted by Crippen LogP contribution is -2.58. The Morgan fingerprint density at radius 2 is 1.82 bits per heavy atom. The molecule has 0 bridgehead atoms. The zero-order valence-corrected chi connectivity index (χ0v) is 24.0. The molecule has 7 nitrogen and oxygen atoms in total. The highest BCUT2D eigenvalue weighted by atomic mass is 35.5. The van der Waals surface area contributed by atoms with E-state index in [-0.39, 0.29) is 37.1 Å². The molecule has 1 amide bonds. The summed E-state index contributed by atoms with van der Waals surface area (Å²) in [5, 5.41) is 13.6. The zero-order valence-electron chi connectivity index (χ0n) is 21.7. The summed E-state index contributed by atoms with van der Waals surface area (Å²) in [6.45, 7) is 5.21. The lowest BCUT2D eigenvalue weighted by Gasteiger charge is -2.46. The number of rotatable bonds is 10. The summed E-state index contributed by atoms with van der Waals surface area (Å²) in [5.74, 6) is -1.96. The molecule has 1 aliphatic heterocycles. The third-order valence-corrected chi connectivity index (χ3v) is 10.8. The quantitative estimate of drug-likeness (QED) is 0.345. The van der Waals surface area contributed by atoms with E-state index in [9.17, 15) is 23.1 Å². The van der Waals surface area contributed by atoms with E-state index in [1.165, 1.54) is 0 Å². The molecule has 0 aromatic heterocycles. The second-order valence-corrected chi connectivity index (χ2v) is 14.1. The largest absolute Gasteiger partial charge is 0.481 e. The van der Waals surface area contributed by atoms with Gasteiger partial charge < -0.3 is 10.4 Å². The van der Waals surface area contributed by atoms with Crippen molar-refractivity contribution in [3.63, 3.8) is 0 Å². The number of carboxylic acid groups (broad SMARTS) is 1. The highest BCUT2D eigenvalue weighted by Gasteiger charge is 2.59. The van der Waals surface area contributed by atoms with Crippen LogP contribution in [0.25, 0.3) is 0 Å². The normalized spacial score (nSPS) is 25.6. The first-order valence-electron chi connectivity index (χ1n) is 12.8. The molecule has 2 aromatic rings. The fourth-order valence-corrected chi connectivity index (χ4v) is 8.63. The topological polar surface area (TPSA) is 113 Å². The van der Waals surface area contributed by atoms with Crippen molar-refractivity contribution in [2.75, 3.05) is 0 Å². The van der Waals surface area contributed by atoms with Gasteiger partial charge in [-0.2, -0.15) is 0 Å². The van der Waals surface area contributed by atoms with Crippen LogP contribution in [0, 0.1) is 11.3 Å². The van der Waals surface area contributed by atoms with Gasteiger partial charge in [0.15, 0.2) is 0 Å². The Morgan fingerprint density at radius 3 is 2.37 bits per heavy atom. The van der Waals surface area contributed by atoms with Gasteiger partial charge in [-0.05, 0) is 80.8 Å². The van der Waals surface area contributed by atoms with Crippen LogP contribution in [-0.2, 0) is 24.4 Å². The van der Waals surface area contributed by atoms with Crippen molar-refractivity contribution >= 4 is 45.1 Å². The predicted octanol–water partition coefficient (Wildman–Crippen LogP) is 5.47. The minimum absolute atomic E-state index is 0.118. The number of aliphatic carboxylic acids is 1. The van der Waals surface area contributed by atoms with E-state index < -0.39 is 38.1 Å². The maximum absolute atomic E-state index is 14.2. The van der Waals surface area contributed by atoms with Crippen molar-refractivity contribution in [1.82, 2.24) is 10.0 Å². The van der Waals surface area contributed by atoms with Crippen LogP contribution in [0.3, 0.4) is 0 Å². The SMILES string of the molecule is CC(C)NS(=O)(=O)[C@](C[C@@H]1NC(=O)[C@](C)(CC(=O)O)C[C@@H]1c1cccc(Cl)c1)(c1ccc(Cl)cc1)C1CC1. The summed E-state index contributed by atoms with van der Waals surface area (Å²) < 4.78 is 29.9. The molecule has 1 heterocycles. The summed E-state index contributed by atoms with van der Waals surface area (Å²) in [6.07, 6.45) is 1.51. The molecule has 1 saturated heterocycles. The number of hydrogen-bond donors (Lipinski definition) is 3. The van der Waals surface area contributed by atoms with Crippen LogP contribution in [0.2, 0.25) is 10.0 Å². The molecular formula is C28H34Cl2N2O5S. The van der Waals surface area contributed by atoms with Crippen LogP contribution in [0.5, 0.6) is 0 Å². The maximum Gasteiger partial charge on any atom is 0.304 e. The number of benzene rings is 2. The lowest BCUT2D eigenvalue weighted by molar-refractivity contribution is -0.147. The summed E-state index contributed by atoms with van der Waals surface area (Å²) >= 11 is 12.5. The molecular weight excluding hydrogens is 547 g/mol. The number of halogens is 2. The highest BCUT2D eigenvalue weighted by molar-refractivity contribution is 7.90. The van der Waals surface area contributed by atoms with Crippen LogP contribution < -0.4 is 10.0 Å². The van der Waals surface area contributed by atoms with Crippen LogP contribution in [-0.4, -0.2) is 37.5 Å². The molecule has 10 heteroatoms. The first-order valence-corrected chi connectivity index (χ1v) is 15.1. The predicted molar refractivity (Wildman–Crippen MR) is 149 cm³/mol. The van der Waals surface area contributed by atoms with Crippen molar-refractivity contribution in [2.24, 2.45) is 11.3 Å². The van der Waals surface area contributed by atoms with Crippen LogP contribution in [0.15, 0.2) is 48.5 Å². The van der Waals surface area contributed by atoms with E-state index in [0.29, 0.717) is 15.6 Å². The monoisotopic (exact) mass is 580 g/mol. The van der Waals surface area contributed by atoms with E-state index in [0.717, 1.165) is 18.4 Å². The Bertz CT molecular complexity index is 1310. The minimum Gasteiger partial charge on any atom is -0.481 e. The molecule has 38 heavy (non-hydrogen) atoms. The van der Waals surface area contributed by atoms with E-state index in [1.807, 2.05) is 12.1 Å². The average Bonchev–Trinajstić information content (AvgIpc) is 3.64. The Morgan fingerprint density at radius 1 is 1.16 bits per heavy atom. The summed E-state index contributed by atoms with van der Waals surface area (Å²) in [7, 11) is -3.93. The fourth-order valence-electron chi connectivity index (χ4n) is 5.96. The molecule has 206 valence electrons. The Kier molecular flexibility index (Phi) is 8.20. The molecule has 2 aromatic carbocycles. The minimum atomic E-state index is -3.93. The summed E-state index contributed by atoms with van der Waals surface area (Å²) in [6, 6.07) is 13.2. The Hall–Kier alpha value is -2.13. The molecule has 0 radical (unpaired) electrons. The Labute approximate surface area is 234 Å². The van der Waals surface area contributed by atoms with E-state index in [1.54, 1.807) is 57.2 Å². The molecule has 1 aliphatic carbocycles. The number of nitrogens with one attached hydrogen (secondary N) is 2. The van der Waals surface area contributed by atoms with Crippen LogP contribution in [0.1, 0.15) is 69.9 Å². The average molecular weight is 582 g/mol. The van der Waals surface area contributed by atoms with Gasteiger partial charge in [-0.3, -0.25) is 9.59 Å². The first kappa shape index (κ1) is 28.9. The van der Waals surface area contributed by atoms with Crippen LogP contribution in [0.4, 0.5) is 0 Å². The van der Waals surface area contributed by atoms with Gasteiger partial charge in [0, 0.05) is 28.0 Å². The fraction of sp³-hybridized carbons (Fsp3) is 0.500. The molecule has 2 aliphatic rings. The zero-order chi connectivity index (χ0) is 27.9. The number of carboxylic acids is 1. The molecule has 0 unspecified atom stereocenters. The smallest absolute Gasteiger partial charge is 0.304 e. The van der Waals surface area contributed by atoms with Gasteiger partial charge in [-0.15, -0.1) is 0 Å². The van der Waals surface area contributed by atoms with E-state index in [4.69, 9.17) is 23.2 Å². The van der Waals surface area contributed by atoms with Gasteiger partial charge in [-0.1, -0.05) is 54.4 Å². The lowest BCUT2D eigenvalue weighted by atomic mass is 9.67.